The fourth-order valence-corrected chi connectivity index (χ4v) is 3.70. The molecule has 0 spiro atoms. The number of amides is 1. The number of fused-ring (bicyclic) bond motifs is 1. The van der Waals surface area contributed by atoms with E-state index in [9.17, 15) is 9.00 Å². The SMILES string of the molecule is COS(=O)c1ccc(-c2cnc3ccc(-c4cccc(C(=O)NCCO)c4)nn23)cc1. The van der Waals surface area contributed by atoms with E-state index >= 15 is 0 Å². The molecule has 4 aromatic rings. The predicted molar refractivity (Wildman–Crippen MR) is 117 cm³/mol. The average Bonchev–Trinajstić information content (AvgIpc) is 3.25. The molecule has 2 N–H and O–H groups in total. The summed E-state index contributed by atoms with van der Waals surface area (Å²) < 4.78 is 18.4. The van der Waals surface area contributed by atoms with Gasteiger partial charge in [-0.3, -0.25) is 8.98 Å². The molecule has 8 nitrogen and oxygen atoms in total. The van der Waals surface area contributed by atoms with Crippen LogP contribution in [0.15, 0.2) is 71.8 Å². The Hall–Kier alpha value is -3.40. The maximum atomic E-state index is 12.2. The van der Waals surface area contributed by atoms with E-state index in [4.69, 9.17) is 14.4 Å². The summed E-state index contributed by atoms with van der Waals surface area (Å²) >= 11 is -1.49. The molecule has 2 aromatic heterocycles. The molecule has 2 aromatic carbocycles. The van der Waals surface area contributed by atoms with Gasteiger partial charge in [-0.1, -0.05) is 24.3 Å². The van der Waals surface area contributed by atoms with Crippen molar-refractivity contribution in [2.45, 2.75) is 4.90 Å². The number of aliphatic hydroxyl groups excluding tert-OH is 1. The summed E-state index contributed by atoms with van der Waals surface area (Å²) in [4.78, 5) is 17.2. The number of carbonyl (C=O) groups is 1. The number of nitrogens with one attached hydrogen (secondary N) is 1. The molecule has 1 amide bonds. The van der Waals surface area contributed by atoms with Crippen LogP contribution in [0.25, 0.3) is 28.2 Å². The van der Waals surface area contributed by atoms with Crippen LogP contribution in [0.1, 0.15) is 10.4 Å². The van der Waals surface area contributed by atoms with Crippen molar-refractivity contribution in [3.63, 3.8) is 0 Å². The van der Waals surface area contributed by atoms with Gasteiger partial charge in [0.25, 0.3) is 5.91 Å². The van der Waals surface area contributed by atoms with Crippen LogP contribution < -0.4 is 5.32 Å². The molecule has 1 atom stereocenters. The number of aliphatic hydroxyl groups is 1. The van der Waals surface area contributed by atoms with Gasteiger partial charge in [0.15, 0.2) is 16.7 Å². The molecule has 1 unspecified atom stereocenters. The first kappa shape index (κ1) is 20.9. The first-order valence-corrected chi connectivity index (χ1v) is 10.6. The zero-order valence-corrected chi connectivity index (χ0v) is 17.5. The number of hydrogen-bond donors (Lipinski definition) is 2. The smallest absolute Gasteiger partial charge is 0.251 e. The summed E-state index contributed by atoms with van der Waals surface area (Å²) in [6.07, 6.45) is 1.73. The highest BCUT2D eigenvalue weighted by Gasteiger charge is 2.12. The van der Waals surface area contributed by atoms with Crippen LogP contribution in [0.5, 0.6) is 0 Å². The summed E-state index contributed by atoms with van der Waals surface area (Å²) in [6.45, 7) is 0.0812. The van der Waals surface area contributed by atoms with Crippen molar-refractivity contribution in [1.82, 2.24) is 19.9 Å². The van der Waals surface area contributed by atoms with Crippen molar-refractivity contribution < 1.29 is 18.3 Å². The van der Waals surface area contributed by atoms with Gasteiger partial charge in [0.2, 0.25) is 0 Å². The van der Waals surface area contributed by atoms with E-state index in [0.29, 0.717) is 21.8 Å². The largest absolute Gasteiger partial charge is 0.395 e. The van der Waals surface area contributed by atoms with Crippen molar-refractivity contribution in [2.75, 3.05) is 20.3 Å². The minimum atomic E-state index is -1.49. The summed E-state index contributed by atoms with van der Waals surface area (Å²) in [7, 11) is 1.39. The molecule has 2 heterocycles. The van der Waals surface area contributed by atoms with Gasteiger partial charge in [0.05, 0.1) is 36.2 Å². The van der Waals surface area contributed by atoms with Gasteiger partial charge in [-0.15, -0.1) is 0 Å². The van der Waals surface area contributed by atoms with Crippen LogP contribution in [0.2, 0.25) is 0 Å². The van der Waals surface area contributed by atoms with Gasteiger partial charge in [-0.2, -0.15) is 5.10 Å². The third kappa shape index (κ3) is 4.38. The first-order chi connectivity index (χ1) is 15.1. The molecule has 0 saturated heterocycles. The molecule has 0 aliphatic heterocycles. The van der Waals surface area contributed by atoms with Gasteiger partial charge in [-0.05, 0) is 36.4 Å². The van der Waals surface area contributed by atoms with Crippen LogP contribution in [0, 0.1) is 0 Å². The molecule has 0 aliphatic carbocycles. The molecule has 0 fully saturated rings. The van der Waals surface area contributed by atoms with Crippen LogP contribution in [-0.2, 0) is 15.3 Å². The number of nitrogens with zero attached hydrogens (tertiary/aromatic N) is 3. The monoisotopic (exact) mass is 436 g/mol. The molecule has 0 aliphatic rings. The minimum Gasteiger partial charge on any atom is -0.395 e. The molecular formula is C22H20N4O4S. The van der Waals surface area contributed by atoms with Gasteiger partial charge < -0.3 is 10.4 Å². The predicted octanol–water partition coefficient (Wildman–Crippen LogP) is 2.45. The Kier molecular flexibility index (Phi) is 6.17. The second-order valence-corrected chi connectivity index (χ2v) is 7.89. The summed E-state index contributed by atoms with van der Waals surface area (Å²) in [6, 6.07) is 18.0. The highest BCUT2D eigenvalue weighted by molar-refractivity contribution is 7.80. The number of aromatic nitrogens is 3. The van der Waals surface area contributed by atoms with Crippen LogP contribution in [-0.4, -0.2) is 50.1 Å². The Morgan fingerprint density at radius 3 is 2.68 bits per heavy atom. The van der Waals surface area contributed by atoms with E-state index in [1.54, 1.807) is 41.0 Å². The van der Waals surface area contributed by atoms with Crippen molar-refractivity contribution >= 4 is 22.6 Å². The Morgan fingerprint density at radius 1 is 1.13 bits per heavy atom. The number of rotatable bonds is 7. The van der Waals surface area contributed by atoms with Crippen molar-refractivity contribution in [3.05, 3.63) is 72.4 Å². The Labute approximate surface area is 181 Å². The number of imidazole rings is 1. The van der Waals surface area contributed by atoms with E-state index in [2.05, 4.69) is 10.3 Å². The standard InChI is InChI=1S/C22H20N4O4S/c1-30-31(29)18-7-5-15(6-8-18)20-14-24-21-10-9-19(25-26(20)21)16-3-2-4-17(13-16)22(28)23-11-12-27/h2-10,13-14,27H,11-12H2,1H3,(H,23,28). The van der Waals surface area contributed by atoms with Crippen LogP contribution >= 0.6 is 0 Å². The Balaban J connectivity index is 1.69. The summed E-state index contributed by atoms with van der Waals surface area (Å²) in [5.74, 6) is -0.256. The van der Waals surface area contributed by atoms with E-state index < -0.39 is 11.1 Å². The lowest BCUT2D eigenvalue weighted by Crippen LogP contribution is -2.26. The van der Waals surface area contributed by atoms with Crippen LogP contribution in [0.4, 0.5) is 0 Å². The number of hydrogen-bond acceptors (Lipinski definition) is 6. The molecule has 9 heteroatoms. The fraction of sp³-hybridized carbons (Fsp3) is 0.136. The van der Waals surface area contributed by atoms with E-state index in [1.165, 1.54) is 7.11 Å². The van der Waals surface area contributed by atoms with Gasteiger partial charge >= 0.3 is 0 Å². The second-order valence-electron chi connectivity index (χ2n) is 6.62. The molecule has 31 heavy (non-hydrogen) atoms. The zero-order chi connectivity index (χ0) is 21.8. The quantitative estimate of drug-likeness (QED) is 0.461. The van der Waals surface area contributed by atoms with Crippen molar-refractivity contribution in [3.8, 4) is 22.5 Å². The van der Waals surface area contributed by atoms with E-state index in [0.717, 1.165) is 16.8 Å². The van der Waals surface area contributed by atoms with E-state index in [-0.39, 0.29) is 19.1 Å². The molecule has 0 radical (unpaired) electrons. The van der Waals surface area contributed by atoms with Gasteiger partial charge in [0.1, 0.15) is 0 Å². The zero-order valence-electron chi connectivity index (χ0n) is 16.7. The average molecular weight is 436 g/mol. The highest BCUT2D eigenvalue weighted by Crippen LogP contribution is 2.24. The van der Waals surface area contributed by atoms with Gasteiger partial charge in [-0.25, -0.2) is 13.7 Å². The first-order valence-electron chi connectivity index (χ1n) is 9.51. The molecule has 158 valence electrons. The summed E-state index contributed by atoms with van der Waals surface area (Å²) in [5.41, 5.74) is 4.28. The maximum absolute atomic E-state index is 12.2. The topological polar surface area (TPSA) is 106 Å². The third-order valence-corrected chi connectivity index (χ3v) is 5.63. The molecule has 4 rings (SSSR count). The summed E-state index contributed by atoms with van der Waals surface area (Å²) in [5, 5.41) is 16.3. The van der Waals surface area contributed by atoms with Crippen molar-refractivity contribution in [1.29, 1.82) is 0 Å². The molecule has 0 saturated carbocycles. The minimum absolute atomic E-state index is 0.116. The highest BCUT2D eigenvalue weighted by atomic mass is 32.2. The maximum Gasteiger partial charge on any atom is 0.251 e. The number of carbonyl (C=O) groups excluding carboxylic acids is 1. The van der Waals surface area contributed by atoms with Crippen molar-refractivity contribution in [2.24, 2.45) is 0 Å². The molecular weight excluding hydrogens is 416 g/mol. The number of benzene rings is 2. The fourth-order valence-electron chi connectivity index (χ4n) is 3.15. The normalized spacial score (nSPS) is 12.1. The lowest BCUT2D eigenvalue weighted by molar-refractivity contribution is 0.0945. The Morgan fingerprint density at radius 2 is 1.94 bits per heavy atom. The Bertz CT molecular complexity index is 1250. The van der Waals surface area contributed by atoms with Gasteiger partial charge in [0, 0.05) is 23.2 Å². The third-order valence-electron chi connectivity index (χ3n) is 4.67. The molecule has 0 bridgehead atoms. The lowest BCUT2D eigenvalue weighted by atomic mass is 10.1. The lowest BCUT2D eigenvalue weighted by Gasteiger charge is -2.07. The second kappa shape index (κ2) is 9.17. The van der Waals surface area contributed by atoms with Crippen LogP contribution in [0.3, 0.4) is 0 Å². The van der Waals surface area contributed by atoms with E-state index in [1.807, 2.05) is 30.3 Å².